The van der Waals surface area contributed by atoms with Gasteiger partial charge >= 0.3 is 0 Å². The van der Waals surface area contributed by atoms with Crippen LogP contribution in [0.5, 0.6) is 0 Å². The van der Waals surface area contributed by atoms with E-state index in [-0.39, 0.29) is 12.5 Å². The number of benzene rings is 2. The Kier molecular flexibility index (Phi) is 8.77. The molecule has 0 radical (unpaired) electrons. The molecule has 1 N–H and O–H groups in total. The van der Waals surface area contributed by atoms with Gasteiger partial charge in [-0.05, 0) is 50.1 Å². The van der Waals surface area contributed by atoms with Crippen molar-refractivity contribution in [2.24, 2.45) is 0 Å². The van der Waals surface area contributed by atoms with Crippen molar-refractivity contribution in [2.75, 3.05) is 23.7 Å². The number of likely N-dealkylation sites (N-methyl/N-ethyl adjacent to an activating group) is 1. The van der Waals surface area contributed by atoms with Gasteiger partial charge in [-0.2, -0.15) is 0 Å². The first-order valence-electron chi connectivity index (χ1n) is 10.4. The number of sulfonamides is 1. The van der Waals surface area contributed by atoms with Gasteiger partial charge < -0.3 is 10.2 Å². The Labute approximate surface area is 189 Å². The SMILES string of the molecule is CCNC(=O)[C@H](CC)N(Cc1ccc(F)cc1)C(=O)CN(c1ccc(C)cc1)S(C)(=O)=O. The van der Waals surface area contributed by atoms with E-state index in [2.05, 4.69) is 5.32 Å². The smallest absolute Gasteiger partial charge is 0.244 e. The number of anilines is 1. The molecular formula is C23H30FN3O4S. The minimum atomic E-state index is -3.77. The summed E-state index contributed by atoms with van der Waals surface area (Å²) in [5.41, 5.74) is 1.94. The highest BCUT2D eigenvalue weighted by Crippen LogP contribution is 2.20. The summed E-state index contributed by atoms with van der Waals surface area (Å²) in [6.45, 7) is 5.41. The zero-order valence-electron chi connectivity index (χ0n) is 18.8. The number of rotatable bonds is 10. The van der Waals surface area contributed by atoms with Crippen molar-refractivity contribution in [1.82, 2.24) is 10.2 Å². The largest absolute Gasteiger partial charge is 0.355 e. The molecule has 2 rings (SSSR count). The first-order chi connectivity index (χ1) is 15.1. The van der Waals surface area contributed by atoms with Gasteiger partial charge in [0.05, 0.1) is 11.9 Å². The average molecular weight is 464 g/mol. The molecule has 2 aromatic rings. The quantitative estimate of drug-likeness (QED) is 0.587. The van der Waals surface area contributed by atoms with Crippen LogP contribution in [0.3, 0.4) is 0 Å². The normalized spacial score (nSPS) is 12.2. The third kappa shape index (κ3) is 6.78. The number of amides is 2. The maximum Gasteiger partial charge on any atom is 0.244 e. The molecule has 0 aliphatic carbocycles. The maximum atomic E-state index is 13.4. The number of nitrogens with zero attached hydrogens (tertiary/aromatic N) is 2. The molecule has 1 atom stereocenters. The van der Waals surface area contributed by atoms with E-state index in [1.807, 2.05) is 6.92 Å². The predicted molar refractivity (Wildman–Crippen MR) is 123 cm³/mol. The minimum absolute atomic E-state index is 0.0419. The summed E-state index contributed by atoms with van der Waals surface area (Å²) < 4.78 is 39.3. The van der Waals surface area contributed by atoms with Gasteiger partial charge in [-0.25, -0.2) is 12.8 Å². The summed E-state index contributed by atoms with van der Waals surface area (Å²) in [6.07, 6.45) is 1.37. The Morgan fingerprint density at radius 1 is 1.03 bits per heavy atom. The maximum absolute atomic E-state index is 13.4. The third-order valence-corrected chi connectivity index (χ3v) is 6.14. The monoisotopic (exact) mass is 463 g/mol. The fraction of sp³-hybridized carbons (Fsp3) is 0.391. The second-order valence-corrected chi connectivity index (χ2v) is 9.48. The Bertz CT molecular complexity index is 1020. The van der Waals surface area contributed by atoms with Crippen LogP contribution in [0.2, 0.25) is 0 Å². The van der Waals surface area contributed by atoms with Crippen LogP contribution < -0.4 is 9.62 Å². The molecule has 0 aliphatic heterocycles. The fourth-order valence-electron chi connectivity index (χ4n) is 3.32. The Hall–Kier alpha value is -2.94. The molecule has 32 heavy (non-hydrogen) atoms. The van der Waals surface area contributed by atoms with Crippen LogP contribution in [0.1, 0.15) is 31.4 Å². The third-order valence-electron chi connectivity index (χ3n) is 5.00. The van der Waals surface area contributed by atoms with Gasteiger partial charge in [0.1, 0.15) is 18.4 Å². The van der Waals surface area contributed by atoms with Gasteiger partial charge in [0.15, 0.2) is 0 Å². The van der Waals surface area contributed by atoms with Crippen LogP contribution in [0.15, 0.2) is 48.5 Å². The standard InChI is InChI=1S/C23H30FN3O4S/c1-5-21(23(29)25-6-2)26(15-18-9-11-19(24)12-10-18)22(28)16-27(32(4,30)31)20-13-7-17(3)8-14-20/h7-14,21H,5-6,15-16H2,1-4H3,(H,25,29)/t21-/m0/s1. The van der Waals surface area contributed by atoms with Crippen LogP contribution >= 0.6 is 0 Å². The molecule has 0 unspecified atom stereocenters. The first-order valence-corrected chi connectivity index (χ1v) is 12.3. The van der Waals surface area contributed by atoms with Gasteiger partial charge in [0.25, 0.3) is 0 Å². The summed E-state index contributed by atoms with van der Waals surface area (Å²) in [6, 6.07) is 11.6. The van der Waals surface area contributed by atoms with Crippen LogP contribution in [0, 0.1) is 12.7 Å². The first kappa shape index (κ1) is 25.3. The number of halogens is 1. The number of aryl methyl sites for hydroxylation is 1. The number of nitrogens with one attached hydrogen (secondary N) is 1. The second kappa shape index (κ2) is 11.1. The van der Waals surface area contributed by atoms with Crippen LogP contribution in [-0.4, -0.2) is 50.5 Å². The molecule has 0 aliphatic rings. The number of hydrogen-bond acceptors (Lipinski definition) is 4. The highest BCUT2D eigenvalue weighted by molar-refractivity contribution is 7.92. The van der Waals surface area contributed by atoms with Crippen LogP contribution in [-0.2, 0) is 26.2 Å². The molecule has 2 amide bonds. The molecule has 2 aromatic carbocycles. The molecule has 0 bridgehead atoms. The number of carbonyl (C=O) groups excluding carboxylic acids is 2. The van der Waals surface area contributed by atoms with Gasteiger partial charge in [-0.1, -0.05) is 36.8 Å². The predicted octanol–water partition coefficient (Wildman–Crippen LogP) is 2.84. The summed E-state index contributed by atoms with van der Waals surface area (Å²) in [4.78, 5) is 27.4. The van der Waals surface area contributed by atoms with E-state index in [1.165, 1.54) is 29.2 Å². The highest BCUT2D eigenvalue weighted by atomic mass is 32.2. The lowest BCUT2D eigenvalue weighted by Crippen LogP contribution is -2.52. The van der Waals surface area contributed by atoms with Gasteiger partial charge in [0.2, 0.25) is 21.8 Å². The van der Waals surface area contributed by atoms with Crippen molar-refractivity contribution in [1.29, 1.82) is 0 Å². The van der Waals surface area contributed by atoms with E-state index in [4.69, 9.17) is 0 Å². The summed E-state index contributed by atoms with van der Waals surface area (Å²) in [7, 11) is -3.77. The van der Waals surface area contributed by atoms with Crippen molar-refractivity contribution >= 4 is 27.5 Å². The van der Waals surface area contributed by atoms with E-state index in [9.17, 15) is 22.4 Å². The fourth-order valence-corrected chi connectivity index (χ4v) is 4.17. The van der Waals surface area contributed by atoms with E-state index in [0.717, 1.165) is 16.1 Å². The molecule has 0 spiro atoms. The molecule has 0 saturated carbocycles. The summed E-state index contributed by atoms with van der Waals surface area (Å²) in [5, 5.41) is 2.72. The van der Waals surface area contributed by atoms with Crippen molar-refractivity contribution in [3.8, 4) is 0 Å². The summed E-state index contributed by atoms with van der Waals surface area (Å²) >= 11 is 0. The summed E-state index contributed by atoms with van der Waals surface area (Å²) in [5.74, 6) is -1.27. The van der Waals surface area contributed by atoms with Crippen molar-refractivity contribution < 1.29 is 22.4 Å². The van der Waals surface area contributed by atoms with E-state index < -0.39 is 34.3 Å². The molecule has 0 heterocycles. The Morgan fingerprint density at radius 3 is 2.12 bits per heavy atom. The Balaban J connectivity index is 2.40. The van der Waals surface area contributed by atoms with Crippen LogP contribution in [0.4, 0.5) is 10.1 Å². The second-order valence-electron chi connectivity index (χ2n) is 7.57. The zero-order chi connectivity index (χ0) is 23.9. The molecule has 0 fully saturated rings. The van der Waals surface area contributed by atoms with Crippen LogP contribution in [0.25, 0.3) is 0 Å². The molecule has 7 nitrogen and oxygen atoms in total. The molecule has 0 saturated heterocycles. The van der Waals surface area contributed by atoms with Crippen molar-refractivity contribution in [3.05, 3.63) is 65.5 Å². The Morgan fingerprint density at radius 2 is 1.62 bits per heavy atom. The zero-order valence-corrected chi connectivity index (χ0v) is 19.7. The van der Waals surface area contributed by atoms with Gasteiger partial charge in [-0.3, -0.25) is 13.9 Å². The van der Waals surface area contributed by atoms with Gasteiger partial charge in [0, 0.05) is 13.1 Å². The lowest BCUT2D eigenvalue weighted by molar-refractivity contribution is -0.140. The average Bonchev–Trinajstić information content (AvgIpc) is 2.73. The lowest BCUT2D eigenvalue weighted by atomic mass is 10.1. The van der Waals surface area contributed by atoms with Gasteiger partial charge in [-0.15, -0.1) is 0 Å². The highest BCUT2D eigenvalue weighted by Gasteiger charge is 2.31. The molecular weight excluding hydrogens is 433 g/mol. The van der Waals surface area contributed by atoms with Crippen molar-refractivity contribution in [2.45, 2.75) is 39.8 Å². The number of carbonyl (C=O) groups is 2. The van der Waals surface area contributed by atoms with E-state index >= 15 is 0 Å². The minimum Gasteiger partial charge on any atom is -0.355 e. The molecule has 174 valence electrons. The molecule has 9 heteroatoms. The van der Waals surface area contributed by atoms with E-state index in [1.54, 1.807) is 38.1 Å². The molecule has 0 aromatic heterocycles. The number of hydrogen-bond donors (Lipinski definition) is 1. The van der Waals surface area contributed by atoms with E-state index in [0.29, 0.717) is 24.2 Å². The lowest BCUT2D eigenvalue weighted by Gasteiger charge is -2.32. The van der Waals surface area contributed by atoms with Crippen molar-refractivity contribution in [3.63, 3.8) is 0 Å². The topological polar surface area (TPSA) is 86.8 Å².